The van der Waals surface area contributed by atoms with E-state index in [-0.39, 0.29) is 30.3 Å². The van der Waals surface area contributed by atoms with Gasteiger partial charge in [0, 0.05) is 24.0 Å². The number of primary amides is 1. The third kappa shape index (κ3) is 4.98. The second-order valence-corrected chi connectivity index (χ2v) is 12.2. The van der Waals surface area contributed by atoms with Crippen molar-refractivity contribution < 1.29 is 31.7 Å². The molecular weight excluding hydrogens is 522 g/mol. The minimum atomic E-state index is -3.63. The number of furan rings is 1. The summed E-state index contributed by atoms with van der Waals surface area (Å²) in [6.07, 6.45) is 3.07. The third-order valence-corrected chi connectivity index (χ3v) is 8.56. The van der Waals surface area contributed by atoms with Crippen molar-refractivity contribution in [1.82, 2.24) is 4.31 Å². The third-order valence-electron chi connectivity index (χ3n) is 7.37. The van der Waals surface area contributed by atoms with Crippen LogP contribution in [0.15, 0.2) is 59.0 Å². The minimum Gasteiger partial charge on any atom is -0.455 e. The Morgan fingerprint density at radius 2 is 1.87 bits per heavy atom. The Hall–Kier alpha value is -3.51. The summed E-state index contributed by atoms with van der Waals surface area (Å²) in [4.78, 5) is 12.5. The largest absolute Gasteiger partial charge is 0.491 e. The van der Waals surface area contributed by atoms with E-state index in [9.17, 15) is 22.6 Å². The molecule has 3 aromatic carbocycles. The highest BCUT2D eigenvalue weighted by atomic mass is 32.2. The Morgan fingerprint density at radius 1 is 1.13 bits per heavy atom. The fraction of sp³-hybridized carbons (Fsp3) is 0.250. The van der Waals surface area contributed by atoms with Gasteiger partial charge in [-0.15, -0.1) is 0 Å². The summed E-state index contributed by atoms with van der Waals surface area (Å²) in [6.45, 7) is 0.509. The lowest BCUT2D eigenvalue weighted by molar-refractivity contribution is 0.100. The molecule has 8 nitrogen and oxygen atoms in total. The van der Waals surface area contributed by atoms with Crippen LogP contribution in [0.4, 0.5) is 4.39 Å². The molecule has 0 saturated heterocycles. The number of amides is 1. The number of sulfonamides is 1. The van der Waals surface area contributed by atoms with Crippen molar-refractivity contribution in [1.29, 1.82) is 0 Å². The molecule has 11 heteroatoms. The van der Waals surface area contributed by atoms with Gasteiger partial charge in [0.1, 0.15) is 17.2 Å². The molecule has 0 radical (unpaired) electrons. The Bertz CT molecular complexity index is 1720. The van der Waals surface area contributed by atoms with Crippen LogP contribution in [-0.2, 0) is 34.4 Å². The van der Waals surface area contributed by atoms with Gasteiger partial charge in [-0.1, -0.05) is 18.2 Å². The van der Waals surface area contributed by atoms with Gasteiger partial charge < -0.3 is 19.8 Å². The van der Waals surface area contributed by atoms with Crippen LogP contribution in [0.25, 0.3) is 22.3 Å². The molecule has 0 spiro atoms. The number of benzene rings is 3. The van der Waals surface area contributed by atoms with Crippen molar-refractivity contribution in [2.45, 2.75) is 38.5 Å². The molecule has 39 heavy (non-hydrogen) atoms. The standard InChI is InChI=1S/C28H26BFN2O6S/c1-39(35,36)32(13-16-2-3-19-15-37-29(34)24(19)10-16)14-20-11-25-23(12-22(20)17-4-5-17)26(28(31)33)27(38-25)18-6-8-21(30)9-7-18/h2-3,6-12,17,34H,4-5,13-15H2,1H3,(H2,31,33). The number of hydrogen-bond acceptors (Lipinski definition) is 6. The van der Waals surface area contributed by atoms with Gasteiger partial charge in [-0.3, -0.25) is 4.79 Å². The Morgan fingerprint density at radius 3 is 2.54 bits per heavy atom. The lowest BCUT2D eigenvalue weighted by Gasteiger charge is -2.22. The molecule has 0 bridgehead atoms. The fourth-order valence-corrected chi connectivity index (χ4v) is 5.97. The van der Waals surface area contributed by atoms with Gasteiger partial charge in [-0.25, -0.2) is 12.8 Å². The maximum Gasteiger partial charge on any atom is 0.491 e. The summed E-state index contributed by atoms with van der Waals surface area (Å²) in [5.74, 6) is -0.596. The first-order valence-corrected chi connectivity index (χ1v) is 14.4. The second kappa shape index (κ2) is 9.60. The molecule has 0 atom stereocenters. The molecule has 1 saturated carbocycles. The van der Waals surface area contributed by atoms with Gasteiger partial charge in [-0.05, 0) is 82.9 Å². The van der Waals surface area contributed by atoms with Gasteiger partial charge in [0.2, 0.25) is 10.0 Å². The molecule has 1 fully saturated rings. The number of fused-ring (bicyclic) bond motifs is 2. The molecule has 200 valence electrons. The second-order valence-electron chi connectivity index (χ2n) is 10.2. The first-order valence-electron chi connectivity index (χ1n) is 12.6. The molecule has 2 heterocycles. The molecule has 2 aliphatic rings. The number of rotatable bonds is 8. The van der Waals surface area contributed by atoms with Crippen molar-refractivity contribution in [3.05, 3.63) is 88.2 Å². The zero-order valence-corrected chi connectivity index (χ0v) is 22.0. The van der Waals surface area contributed by atoms with Crippen molar-refractivity contribution >= 4 is 39.5 Å². The zero-order valence-electron chi connectivity index (χ0n) is 21.2. The van der Waals surface area contributed by atoms with E-state index in [4.69, 9.17) is 14.8 Å². The summed E-state index contributed by atoms with van der Waals surface area (Å²) < 4.78 is 52.1. The smallest absolute Gasteiger partial charge is 0.455 e. The molecule has 1 aliphatic heterocycles. The first-order chi connectivity index (χ1) is 18.6. The Labute approximate surface area is 225 Å². The van der Waals surface area contributed by atoms with E-state index in [2.05, 4.69) is 0 Å². The Balaban J connectivity index is 1.41. The number of hydrogen-bond donors (Lipinski definition) is 2. The molecular formula is C28H26BFN2O6S. The maximum absolute atomic E-state index is 13.5. The zero-order chi connectivity index (χ0) is 27.5. The van der Waals surface area contributed by atoms with Crippen LogP contribution < -0.4 is 11.2 Å². The predicted molar refractivity (Wildman–Crippen MR) is 145 cm³/mol. The van der Waals surface area contributed by atoms with E-state index >= 15 is 0 Å². The van der Waals surface area contributed by atoms with Crippen LogP contribution in [0.1, 0.15) is 51.4 Å². The van der Waals surface area contributed by atoms with Crippen molar-refractivity contribution in [2.24, 2.45) is 5.73 Å². The molecule has 3 N–H and O–H groups in total. The van der Waals surface area contributed by atoms with Crippen LogP contribution in [0.3, 0.4) is 0 Å². The highest BCUT2D eigenvalue weighted by Gasteiger charge is 2.32. The molecule has 1 aliphatic carbocycles. The van der Waals surface area contributed by atoms with Crippen LogP contribution in [-0.4, -0.2) is 37.0 Å². The quantitative estimate of drug-likeness (QED) is 0.326. The molecule has 0 unspecified atom stereocenters. The molecule has 1 aromatic heterocycles. The molecule has 4 aromatic rings. The predicted octanol–water partition coefficient (Wildman–Crippen LogP) is 3.39. The van der Waals surface area contributed by atoms with E-state index in [1.807, 2.05) is 18.2 Å². The fourth-order valence-electron chi connectivity index (χ4n) is 5.21. The highest BCUT2D eigenvalue weighted by Crippen LogP contribution is 2.45. The van der Waals surface area contributed by atoms with Crippen LogP contribution in [0.2, 0.25) is 0 Å². The van der Waals surface area contributed by atoms with Crippen molar-refractivity contribution in [2.75, 3.05) is 6.26 Å². The van der Waals surface area contributed by atoms with E-state index in [0.717, 1.165) is 35.1 Å². The van der Waals surface area contributed by atoms with Crippen LogP contribution in [0, 0.1) is 5.82 Å². The SMILES string of the molecule is CS(=O)(=O)N(Cc1ccc2c(c1)B(O)OC2)Cc1cc2oc(-c3ccc(F)cc3)c(C(N)=O)c2cc1C1CC1. The van der Waals surface area contributed by atoms with Crippen molar-refractivity contribution in [3.63, 3.8) is 0 Å². The summed E-state index contributed by atoms with van der Waals surface area (Å²) in [5, 5.41) is 10.6. The van der Waals surface area contributed by atoms with Gasteiger partial charge in [-0.2, -0.15) is 4.31 Å². The molecule has 6 rings (SSSR count). The lowest BCUT2D eigenvalue weighted by atomic mass is 9.79. The van der Waals surface area contributed by atoms with Crippen LogP contribution >= 0.6 is 0 Å². The van der Waals surface area contributed by atoms with E-state index < -0.39 is 28.9 Å². The average molecular weight is 548 g/mol. The monoisotopic (exact) mass is 548 g/mol. The van der Waals surface area contributed by atoms with Gasteiger partial charge in [0.25, 0.3) is 5.91 Å². The number of carbonyl (C=O) groups excluding carboxylic acids is 1. The van der Waals surface area contributed by atoms with E-state index in [1.54, 1.807) is 12.1 Å². The van der Waals surface area contributed by atoms with Crippen molar-refractivity contribution in [3.8, 4) is 11.3 Å². The first kappa shape index (κ1) is 25.8. The lowest BCUT2D eigenvalue weighted by Crippen LogP contribution is -2.31. The van der Waals surface area contributed by atoms with E-state index in [1.165, 1.54) is 34.8 Å². The normalized spacial score (nSPS) is 15.3. The van der Waals surface area contributed by atoms with Gasteiger partial charge >= 0.3 is 7.12 Å². The van der Waals surface area contributed by atoms with Gasteiger partial charge in [0.15, 0.2) is 0 Å². The number of nitrogens with two attached hydrogens (primary N) is 1. The summed E-state index contributed by atoms with van der Waals surface area (Å²) in [6, 6.07) is 14.7. The summed E-state index contributed by atoms with van der Waals surface area (Å²) in [5.41, 5.74) is 10.8. The topological polar surface area (TPSA) is 123 Å². The number of halogens is 1. The number of nitrogens with zero attached hydrogens (tertiary/aromatic N) is 1. The van der Waals surface area contributed by atoms with Gasteiger partial charge in [0.05, 0.1) is 18.4 Å². The minimum absolute atomic E-state index is 0.0925. The highest BCUT2D eigenvalue weighted by molar-refractivity contribution is 7.88. The average Bonchev–Trinajstić information content (AvgIpc) is 3.57. The van der Waals surface area contributed by atoms with Crippen LogP contribution in [0.5, 0.6) is 0 Å². The summed E-state index contributed by atoms with van der Waals surface area (Å²) in [7, 11) is -4.65. The molecule has 1 amide bonds. The number of carbonyl (C=O) groups is 1. The van der Waals surface area contributed by atoms with E-state index in [0.29, 0.717) is 28.6 Å². The summed E-state index contributed by atoms with van der Waals surface area (Å²) >= 11 is 0. The Kier molecular flexibility index (Phi) is 6.34. The maximum atomic E-state index is 13.5.